The molecule has 3 heteroatoms. The first-order valence-electron chi connectivity index (χ1n) is 7.20. The molecule has 2 aromatic rings. The number of fused-ring (bicyclic) bond motifs is 3. The Balaban J connectivity index is 1.74. The summed E-state index contributed by atoms with van der Waals surface area (Å²) in [4.78, 5) is 7.00. The molecular weight excluding hydrogens is 234 g/mol. The standard InChI is InChI=1S/C16H19N3/c17-12-9-14-3-4-15(10-12)19(14)13-5-6-16-11(8-13)2-1-7-18-16/h1-2,5-8,12,14-15H,3-4,9-10,17H2. The van der Waals surface area contributed by atoms with E-state index in [-0.39, 0.29) is 0 Å². The van der Waals surface area contributed by atoms with E-state index < -0.39 is 0 Å². The second-order valence-electron chi connectivity index (χ2n) is 5.90. The van der Waals surface area contributed by atoms with Gasteiger partial charge in [-0.15, -0.1) is 0 Å². The monoisotopic (exact) mass is 253 g/mol. The van der Waals surface area contributed by atoms with Crippen molar-refractivity contribution in [2.45, 2.75) is 43.8 Å². The summed E-state index contributed by atoms with van der Waals surface area (Å²) in [5, 5.41) is 1.23. The smallest absolute Gasteiger partial charge is 0.0703 e. The Morgan fingerprint density at radius 1 is 1.11 bits per heavy atom. The van der Waals surface area contributed by atoms with Crippen LogP contribution in [0.15, 0.2) is 36.5 Å². The Morgan fingerprint density at radius 3 is 2.68 bits per heavy atom. The van der Waals surface area contributed by atoms with Gasteiger partial charge in [-0.1, -0.05) is 6.07 Å². The summed E-state index contributed by atoms with van der Waals surface area (Å²) in [6, 6.07) is 12.5. The molecule has 2 saturated heterocycles. The van der Waals surface area contributed by atoms with Crippen LogP contribution in [0.4, 0.5) is 5.69 Å². The van der Waals surface area contributed by atoms with Gasteiger partial charge in [0.25, 0.3) is 0 Å². The van der Waals surface area contributed by atoms with Gasteiger partial charge >= 0.3 is 0 Å². The lowest BCUT2D eigenvalue weighted by Crippen LogP contribution is -2.47. The third kappa shape index (κ3) is 1.80. The molecule has 1 aromatic heterocycles. The van der Waals surface area contributed by atoms with E-state index in [1.807, 2.05) is 12.3 Å². The van der Waals surface area contributed by atoms with Crippen molar-refractivity contribution < 1.29 is 0 Å². The van der Waals surface area contributed by atoms with E-state index in [1.165, 1.54) is 23.9 Å². The largest absolute Gasteiger partial charge is 0.365 e. The molecule has 1 aromatic carbocycles. The van der Waals surface area contributed by atoms with Crippen molar-refractivity contribution in [3.8, 4) is 0 Å². The topological polar surface area (TPSA) is 42.1 Å². The minimum atomic E-state index is 0.399. The molecule has 19 heavy (non-hydrogen) atoms. The first-order valence-corrected chi connectivity index (χ1v) is 7.20. The average molecular weight is 253 g/mol. The van der Waals surface area contributed by atoms with Crippen molar-refractivity contribution in [3.05, 3.63) is 36.5 Å². The molecule has 2 bridgehead atoms. The highest BCUT2D eigenvalue weighted by molar-refractivity contribution is 5.82. The Kier molecular flexibility index (Phi) is 2.49. The number of piperidine rings is 1. The van der Waals surface area contributed by atoms with Gasteiger partial charge in [0.15, 0.2) is 0 Å². The van der Waals surface area contributed by atoms with Crippen molar-refractivity contribution in [3.63, 3.8) is 0 Å². The van der Waals surface area contributed by atoms with Crippen LogP contribution in [-0.2, 0) is 0 Å². The maximum Gasteiger partial charge on any atom is 0.0703 e. The predicted octanol–water partition coefficient (Wildman–Crippen LogP) is 2.69. The van der Waals surface area contributed by atoms with Crippen LogP contribution in [-0.4, -0.2) is 23.1 Å². The normalized spacial score (nSPS) is 29.9. The molecule has 2 aliphatic heterocycles. The second-order valence-corrected chi connectivity index (χ2v) is 5.90. The highest BCUT2D eigenvalue weighted by atomic mass is 15.2. The lowest BCUT2D eigenvalue weighted by Gasteiger charge is -2.39. The number of anilines is 1. The third-order valence-corrected chi connectivity index (χ3v) is 4.65. The number of rotatable bonds is 1. The molecule has 3 heterocycles. The number of benzene rings is 1. The van der Waals surface area contributed by atoms with Gasteiger partial charge in [-0.25, -0.2) is 0 Å². The van der Waals surface area contributed by atoms with Crippen molar-refractivity contribution in [2.75, 3.05) is 4.90 Å². The molecule has 0 radical (unpaired) electrons. The van der Waals surface area contributed by atoms with Gasteiger partial charge < -0.3 is 10.6 Å². The number of hydrogen-bond donors (Lipinski definition) is 1. The van der Waals surface area contributed by atoms with E-state index in [2.05, 4.69) is 34.1 Å². The highest BCUT2D eigenvalue weighted by Crippen LogP contribution is 2.39. The molecule has 0 spiro atoms. The van der Waals surface area contributed by atoms with Gasteiger partial charge in [-0.05, 0) is 49.9 Å². The Morgan fingerprint density at radius 2 is 1.89 bits per heavy atom. The molecule has 3 nitrogen and oxygen atoms in total. The minimum absolute atomic E-state index is 0.399. The van der Waals surface area contributed by atoms with E-state index in [1.54, 1.807) is 0 Å². The summed E-state index contributed by atoms with van der Waals surface area (Å²) in [5.74, 6) is 0. The fraction of sp³-hybridized carbons (Fsp3) is 0.438. The number of hydrogen-bond acceptors (Lipinski definition) is 3. The zero-order chi connectivity index (χ0) is 12.8. The predicted molar refractivity (Wildman–Crippen MR) is 78.2 cm³/mol. The molecule has 4 rings (SSSR count). The fourth-order valence-corrected chi connectivity index (χ4v) is 3.86. The van der Waals surface area contributed by atoms with E-state index in [4.69, 9.17) is 5.73 Å². The van der Waals surface area contributed by atoms with Gasteiger partial charge in [-0.2, -0.15) is 0 Å². The van der Waals surface area contributed by atoms with Gasteiger partial charge in [0.05, 0.1) is 5.52 Å². The van der Waals surface area contributed by atoms with Crippen molar-refractivity contribution in [2.24, 2.45) is 5.73 Å². The van der Waals surface area contributed by atoms with E-state index in [0.29, 0.717) is 18.1 Å². The lowest BCUT2D eigenvalue weighted by molar-refractivity contribution is 0.415. The Labute approximate surface area is 113 Å². The summed E-state index contributed by atoms with van der Waals surface area (Å²) < 4.78 is 0. The molecule has 2 N–H and O–H groups in total. The number of nitrogens with zero attached hydrogens (tertiary/aromatic N) is 2. The van der Waals surface area contributed by atoms with Crippen LogP contribution in [0.25, 0.3) is 10.9 Å². The summed E-state index contributed by atoms with van der Waals surface area (Å²) >= 11 is 0. The van der Waals surface area contributed by atoms with Crippen molar-refractivity contribution in [1.82, 2.24) is 4.98 Å². The van der Waals surface area contributed by atoms with Gasteiger partial charge in [0.2, 0.25) is 0 Å². The molecule has 2 atom stereocenters. The highest BCUT2D eigenvalue weighted by Gasteiger charge is 2.39. The van der Waals surface area contributed by atoms with Gasteiger partial charge in [0.1, 0.15) is 0 Å². The van der Waals surface area contributed by atoms with Crippen LogP contribution in [0.3, 0.4) is 0 Å². The zero-order valence-corrected chi connectivity index (χ0v) is 11.0. The number of nitrogens with two attached hydrogens (primary N) is 1. The molecule has 0 saturated carbocycles. The molecule has 0 amide bonds. The average Bonchev–Trinajstić information content (AvgIpc) is 2.70. The molecular formula is C16H19N3. The molecule has 2 unspecified atom stereocenters. The molecule has 98 valence electrons. The second kappa shape index (κ2) is 4.20. The van der Waals surface area contributed by atoms with E-state index in [9.17, 15) is 0 Å². The van der Waals surface area contributed by atoms with Crippen LogP contribution < -0.4 is 10.6 Å². The van der Waals surface area contributed by atoms with Gasteiger partial charge in [-0.3, -0.25) is 4.98 Å². The molecule has 2 aliphatic rings. The van der Waals surface area contributed by atoms with E-state index >= 15 is 0 Å². The van der Waals surface area contributed by atoms with Crippen molar-refractivity contribution >= 4 is 16.6 Å². The Bertz CT molecular complexity index is 596. The Hall–Kier alpha value is -1.61. The van der Waals surface area contributed by atoms with Gasteiger partial charge in [0, 0.05) is 35.4 Å². The lowest BCUT2D eigenvalue weighted by atomic mass is 9.97. The molecule has 2 fully saturated rings. The van der Waals surface area contributed by atoms with Crippen LogP contribution in [0.1, 0.15) is 25.7 Å². The molecule has 0 aliphatic carbocycles. The number of aromatic nitrogens is 1. The quantitative estimate of drug-likeness (QED) is 0.849. The summed E-state index contributed by atoms with van der Waals surface area (Å²) in [7, 11) is 0. The fourth-order valence-electron chi connectivity index (χ4n) is 3.86. The maximum absolute atomic E-state index is 6.15. The number of pyridine rings is 1. The van der Waals surface area contributed by atoms with Crippen LogP contribution in [0.5, 0.6) is 0 Å². The zero-order valence-electron chi connectivity index (χ0n) is 11.0. The third-order valence-electron chi connectivity index (χ3n) is 4.65. The SMILES string of the molecule is NC1CC2CCC(C1)N2c1ccc2ncccc2c1. The van der Waals surface area contributed by atoms with Crippen LogP contribution in [0, 0.1) is 0 Å². The van der Waals surface area contributed by atoms with Crippen LogP contribution >= 0.6 is 0 Å². The van der Waals surface area contributed by atoms with Crippen molar-refractivity contribution in [1.29, 1.82) is 0 Å². The van der Waals surface area contributed by atoms with E-state index in [0.717, 1.165) is 18.4 Å². The minimum Gasteiger partial charge on any atom is -0.365 e. The van der Waals surface area contributed by atoms with Crippen LogP contribution in [0.2, 0.25) is 0 Å². The summed E-state index contributed by atoms with van der Waals surface area (Å²) in [5.41, 5.74) is 8.57. The summed E-state index contributed by atoms with van der Waals surface area (Å²) in [6.45, 7) is 0. The first-order chi connectivity index (χ1) is 9.31. The summed E-state index contributed by atoms with van der Waals surface area (Å²) in [6.07, 6.45) is 6.72. The maximum atomic E-state index is 6.15. The first kappa shape index (κ1) is 11.2.